The zero-order valence-corrected chi connectivity index (χ0v) is 13.0. The summed E-state index contributed by atoms with van der Waals surface area (Å²) in [5, 5.41) is 3.62. The van der Waals surface area contributed by atoms with Crippen LogP contribution in [0.1, 0.15) is 58.7 Å². The Balaban J connectivity index is 2.11. The van der Waals surface area contributed by atoms with E-state index in [9.17, 15) is 0 Å². The van der Waals surface area contributed by atoms with E-state index in [2.05, 4.69) is 36.1 Å². The average molecular weight is 276 g/mol. The molecule has 1 fully saturated rings. The molecule has 3 N–H and O–H groups in total. The fourth-order valence-corrected chi connectivity index (χ4v) is 3.25. The van der Waals surface area contributed by atoms with Gasteiger partial charge >= 0.3 is 0 Å². The van der Waals surface area contributed by atoms with Crippen molar-refractivity contribution < 1.29 is 0 Å². The van der Waals surface area contributed by atoms with Crippen LogP contribution in [0.5, 0.6) is 0 Å². The topological polar surface area (TPSA) is 63.8 Å². The summed E-state index contributed by atoms with van der Waals surface area (Å²) in [7, 11) is 0. The molecule has 112 valence electrons. The highest BCUT2D eigenvalue weighted by atomic mass is 15.1. The number of hydrogen-bond donors (Lipinski definition) is 2. The Bertz CT molecular complexity index is 430. The van der Waals surface area contributed by atoms with Crippen LogP contribution in [0.25, 0.3) is 0 Å². The standard InChI is InChI=1S/C16H28N4/c1-4-7-15-19-14(17)10-16(20-15)18-13-9-6-5-8-12(13)11(2)3/h10-13H,4-9H2,1-3H3,(H3,17,18,19,20). The van der Waals surface area contributed by atoms with Gasteiger partial charge in [0.25, 0.3) is 0 Å². The minimum absolute atomic E-state index is 0.521. The minimum Gasteiger partial charge on any atom is -0.384 e. The number of aromatic nitrogens is 2. The van der Waals surface area contributed by atoms with Gasteiger partial charge in [0.1, 0.15) is 17.5 Å². The lowest BCUT2D eigenvalue weighted by Gasteiger charge is -2.35. The second-order valence-corrected chi connectivity index (χ2v) is 6.29. The van der Waals surface area contributed by atoms with Crippen LogP contribution in [0.4, 0.5) is 11.6 Å². The van der Waals surface area contributed by atoms with Gasteiger partial charge in [0, 0.05) is 18.5 Å². The first-order valence-electron chi connectivity index (χ1n) is 8.00. The van der Waals surface area contributed by atoms with Crippen molar-refractivity contribution in [3.05, 3.63) is 11.9 Å². The third-order valence-electron chi connectivity index (χ3n) is 4.27. The highest BCUT2D eigenvalue weighted by molar-refractivity contribution is 5.45. The molecule has 1 saturated carbocycles. The van der Waals surface area contributed by atoms with E-state index in [0.29, 0.717) is 17.8 Å². The number of aryl methyl sites for hydroxylation is 1. The van der Waals surface area contributed by atoms with Crippen LogP contribution in [0.2, 0.25) is 0 Å². The SMILES string of the molecule is CCCc1nc(N)cc(NC2CCCCC2C(C)C)n1. The van der Waals surface area contributed by atoms with Gasteiger partial charge in [-0.2, -0.15) is 0 Å². The summed E-state index contributed by atoms with van der Waals surface area (Å²) >= 11 is 0. The largest absolute Gasteiger partial charge is 0.384 e. The molecule has 1 aromatic heterocycles. The minimum atomic E-state index is 0.521. The molecule has 0 saturated heterocycles. The Labute approximate surface area is 122 Å². The normalized spacial score (nSPS) is 23.0. The molecule has 20 heavy (non-hydrogen) atoms. The predicted octanol–water partition coefficient (Wildman–Crippen LogP) is 3.64. The van der Waals surface area contributed by atoms with E-state index in [0.717, 1.165) is 30.4 Å². The van der Waals surface area contributed by atoms with E-state index in [1.54, 1.807) is 0 Å². The fraction of sp³-hybridized carbons (Fsp3) is 0.750. The van der Waals surface area contributed by atoms with E-state index in [-0.39, 0.29) is 0 Å². The molecule has 2 unspecified atom stereocenters. The molecule has 0 amide bonds. The van der Waals surface area contributed by atoms with Gasteiger partial charge in [-0.15, -0.1) is 0 Å². The molecule has 1 aromatic rings. The lowest BCUT2D eigenvalue weighted by Crippen LogP contribution is -2.35. The summed E-state index contributed by atoms with van der Waals surface area (Å²) in [6.45, 7) is 6.78. The van der Waals surface area contributed by atoms with Gasteiger partial charge in [0.2, 0.25) is 0 Å². The highest BCUT2D eigenvalue weighted by Gasteiger charge is 2.27. The molecule has 0 aliphatic heterocycles. The number of rotatable bonds is 5. The summed E-state index contributed by atoms with van der Waals surface area (Å²) in [4.78, 5) is 8.91. The molecule has 0 radical (unpaired) electrons. The van der Waals surface area contributed by atoms with E-state index >= 15 is 0 Å². The Kier molecular flexibility index (Phi) is 5.21. The van der Waals surface area contributed by atoms with Crippen molar-refractivity contribution in [1.82, 2.24) is 9.97 Å². The summed E-state index contributed by atoms with van der Waals surface area (Å²) < 4.78 is 0. The van der Waals surface area contributed by atoms with Crippen molar-refractivity contribution in [2.24, 2.45) is 11.8 Å². The monoisotopic (exact) mass is 276 g/mol. The van der Waals surface area contributed by atoms with E-state index < -0.39 is 0 Å². The van der Waals surface area contributed by atoms with Crippen LogP contribution < -0.4 is 11.1 Å². The Morgan fingerprint density at radius 1 is 1.30 bits per heavy atom. The number of nitrogen functional groups attached to an aromatic ring is 1. The smallest absolute Gasteiger partial charge is 0.133 e. The van der Waals surface area contributed by atoms with Crippen LogP contribution in [-0.4, -0.2) is 16.0 Å². The summed E-state index contributed by atoms with van der Waals surface area (Å²) in [5.41, 5.74) is 5.90. The molecule has 2 rings (SSSR count). The lowest BCUT2D eigenvalue weighted by atomic mass is 9.78. The second-order valence-electron chi connectivity index (χ2n) is 6.29. The molecular weight excluding hydrogens is 248 g/mol. The van der Waals surface area contributed by atoms with Gasteiger partial charge in [-0.3, -0.25) is 0 Å². The van der Waals surface area contributed by atoms with Crippen LogP contribution >= 0.6 is 0 Å². The van der Waals surface area contributed by atoms with Crippen molar-refractivity contribution in [2.45, 2.75) is 65.3 Å². The van der Waals surface area contributed by atoms with Crippen LogP contribution in [-0.2, 0) is 6.42 Å². The fourth-order valence-electron chi connectivity index (χ4n) is 3.25. The van der Waals surface area contributed by atoms with Crippen molar-refractivity contribution in [2.75, 3.05) is 11.1 Å². The number of nitrogens with one attached hydrogen (secondary N) is 1. The summed E-state index contributed by atoms with van der Waals surface area (Å²) in [6, 6.07) is 2.39. The summed E-state index contributed by atoms with van der Waals surface area (Å²) in [6.07, 6.45) is 7.14. The predicted molar refractivity (Wildman–Crippen MR) is 84.6 cm³/mol. The van der Waals surface area contributed by atoms with Crippen molar-refractivity contribution >= 4 is 11.6 Å². The quantitative estimate of drug-likeness (QED) is 0.862. The molecule has 4 nitrogen and oxygen atoms in total. The molecule has 1 aliphatic rings. The second kappa shape index (κ2) is 6.91. The maximum Gasteiger partial charge on any atom is 0.133 e. The first-order valence-corrected chi connectivity index (χ1v) is 8.00. The zero-order chi connectivity index (χ0) is 14.5. The van der Waals surface area contributed by atoms with Crippen LogP contribution in [0.15, 0.2) is 6.07 Å². The maximum atomic E-state index is 5.90. The molecule has 0 aromatic carbocycles. The van der Waals surface area contributed by atoms with Crippen molar-refractivity contribution in [3.8, 4) is 0 Å². The van der Waals surface area contributed by atoms with Gasteiger partial charge in [-0.1, -0.05) is 33.6 Å². The van der Waals surface area contributed by atoms with Gasteiger partial charge < -0.3 is 11.1 Å². The number of nitrogens with two attached hydrogens (primary N) is 1. The first-order chi connectivity index (χ1) is 9.60. The first kappa shape index (κ1) is 15.1. The molecule has 0 spiro atoms. The maximum absolute atomic E-state index is 5.90. The molecule has 1 heterocycles. The molecular formula is C16H28N4. The average Bonchev–Trinajstić information content (AvgIpc) is 2.38. The molecule has 1 aliphatic carbocycles. The Morgan fingerprint density at radius 2 is 2.05 bits per heavy atom. The van der Waals surface area contributed by atoms with Gasteiger partial charge in [0.05, 0.1) is 0 Å². The van der Waals surface area contributed by atoms with E-state index in [4.69, 9.17) is 5.73 Å². The van der Waals surface area contributed by atoms with Crippen molar-refractivity contribution in [1.29, 1.82) is 0 Å². The number of nitrogens with zero attached hydrogens (tertiary/aromatic N) is 2. The van der Waals surface area contributed by atoms with E-state index in [1.807, 2.05) is 6.07 Å². The third kappa shape index (κ3) is 3.84. The number of anilines is 2. The van der Waals surface area contributed by atoms with Crippen LogP contribution in [0, 0.1) is 11.8 Å². The highest BCUT2D eigenvalue weighted by Crippen LogP contribution is 2.32. The van der Waals surface area contributed by atoms with Gasteiger partial charge in [-0.25, -0.2) is 9.97 Å². The van der Waals surface area contributed by atoms with Crippen molar-refractivity contribution in [3.63, 3.8) is 0 Å². The Hall–Kier alpha value is -1.32. The van der Waals surface area contributed by atoms with Crippen LogP contribution in [0.3, 0.4) is 0 Å². The van der Waals surface area contributed by atoms with Gasteiger partial charge in [0.15, 0.2) is 0 Å². The summed E-state index contributed by atoms with van der Waals surface area (Å²) in [5.74, 6) is 3.77. The Morgan fingerprint density at radius 3 is 2.75 bits per heavy atom. The molecule has 0 bridgehead atoms. The van der Waals surface area contributed by atoms with Gasteiger partial charge in [-0.05, 0) is 31.1 Å². The lowest BCUT2D eigenvalue weighted by molar-refractivity contribution is 0.253. The molecule has 2 atom stereocenters. The van der Waals surface area contributed by atoms with E-state index in [1.165, 1.54) is 25.7 Å². The molecule has 4 heteroatoms. The number of hydrogen-bond acceptors (Lipinski definition) is 4. The third-order valence-corrected chi connectivity index (χ3v) is 4.27. The zero-order valence-electron chi connectivity index (χ0n) is 13.0.